The van der Waals surface area contributed by atoms with Crippen LogP contribution in [-0.4, -0.2) is 0 Å². The van der Waals surface area contributed by atoms with Gasteiger partial charge in [0.05, 0.1) is 0 Å². The van der Waals surface area contributed by atoms with Crippen molar-refractivity contribution in [2.75, 3.05) is 0 Å². The van der Waals surface area contributed by atoms with E-state index in [1.165, 1.54) is 74.1 Å². The van der Waals surface area contributed by atoms with Crippen molar-refractivity contribution in [1.82, 2.24) is 0 Å². The molecule has 0 amide bonds. The quantitative estimate of drug-likeness (QED) is 0.211. The molecule has 0 fully saturated rings. The van der Waals surface area contributed by atoms with Gasteiger partial charge in [0.15, 0.2) is 0 Å². The van der Waals surface area contributed by atoms with Crippen molar-refractivity contribution in [3.05, 3.63) is 121 Å². The van der Waals surface area contributed by atoms with E-state index in [0.717, 1.165) is 0 Å². The summed E-state index contributed by atoms with van der Waals surface area (Å²) in [6, 6.07) is 42.2. The maximum absolute atomic E-state index is 2.38. The van der Waals surface area contributed by atoms with Crippen LogP contribution < -0.4 is 0 Å². The number of rotatable bonds is 2. The normalized spacial score (nSPS) is 11.9. The summed E-state index contributed by atoms with van der Waals surface area (Å²) in [5.74, 6) is 0. The minimum atomic E-state index is 1.26. The molecule has 0 saturated heterocycles. The second-order valence-corrected chi connectivity index (χ2v) is 11.3. The van der Waals surface area contributed by atoms with Crippen LogP contribution in [0.2, 0.25) is 0 Å². The molecule has 2 aromatic heterocycles. The van der Waals surface area contributed by atoms with Crippen molar-refractivity contribution in [2.45, 2.75) is 0 Å². The molecule has 8 aromatic rings. The zero-order chi connectivity index (χ0) is 23.6. The minimum absolute atomic E-state index is 1.26. The maximum atomic E-state index is 2.38. The Balaban J connectivity index is 1.59. The van der Waals surface area contributed by atoms with Crippen molar-refractivity contribution in [2.24, 2.45) is 0 Å². The first-order valence-electron chi connectivity index (χ1n) is 12.2. The van der Waals surface area contributed by atoms with E-state index < -0.39 is 0 Å². The molecule has 0 N–H and O–H groups in total. The molecular formula is C34H20S2. The third kappa shape index (κ3) is 2.80. The van der Waals surface area contributed by atoms with E-state index >= 15 is 0 Å². The van der Waals surface area contributed by atoms with Gasteiger partial charge in [0, 0.05) is 35.8 Å². The molecule has 0 aliphatic heterocycles. The molecule has 0 atom stereocenters. The van der Waals surface area contributed by atoms with Gasteiger partial charge in [-0.3, -0.25) is 0 Å². The first-order valence-corrected chi connectivity index (χ1v) is 13.9. The molecule has 2 heterocycles. The van der Waals surface area contributed by atoms with Crippen LogP contribution in [0, 0.1) is 0 Å². The largest absolute Gasteiger partial charge is 0.143 e. The van der Waals surface area contributed by atoms with Gasteiger partial charge in [0.2, 0.25) is 0 Å². The van der Waals surface area contributed by atoms with Crippen LogP contribution >= 0.6 is 22.7 Å². The van der Waals surface area contributed by atoms with Gasteiger partial charge in [-0.05, 0) is 61.8 Å². The molecule has 8 rings (SSSR count). The summed E-state index contributed by atoms with van der Waals surface area (Å²) >= 11 is 3.75. The third-order valence-corrected chi connectivity index (χ3v) is 9.43. The molecule has 0 nitrogen and oxygen atoms in total. The second-order valence-electron chi connectivity index (χ2n) is 9.27. The lowest BCUT2D eigenvalue weighted by molar-refractivity contribution is 1.67. The highest BCUT2D eigenvalue weighted by Crippen LogP contribution is 2.49. The smallest absolute Gasteiger partial charge is 0.0362 e. The van der Waals surface area contributed by atoms with E-state index in [4.69, 9.17) is 0 Å². The number of hydrogen-bond donors (Lipinski definition) is 0. The van der Waals surface area contributed by atoms with E-state index in [1.807, 2.05) is 22.7 Å². The van der Waals surface area contributed by atoms with Crippen molar-refractivity contribution in [3.63, 3.8) is 0 Å². The lowest BCUT2D eigenvalue weighted by Gasteiger charge is -2.17. The van der Waals surface area contributed by atoms with Crippen molar-refractivity contribution in [3.8, 4) is 22.3 Å². The van der Waals surface area contributed by atoms with Crippen LogP contribution in [0.25, 0.3) is 74.1 Å². The predicted octanol–water partition coefficient (Wildman–Crippen LogP) is 10.9. The van der Waals surface area contributed by atoms with Gasteiger partial charge in [0.25, 0.3) is 0 Å². The summed E-state index contributed by atoms with van der Waals surface area (Å²) in [4.78, 5) is 0. The molecular weight excluding hydrogens is 473 g/mol. The zero-order valence-electron chi connectivity index (χ0n) is 19.4. The molecule has 36 heavy (non-hydrogen) atoms. The molecule has 0 aliphatic rings. The van der Waals surface area contributed by atoms with E-state index in [-0.39, 0.29) is 0 Å². The van der Waals surface area contributed by atoms with Crippen LogP contribution in [0.3, 0.4) is 0 Å². The summed E-state index contributed by atoms with van der Waals surface area (Å²) in [6.45, 7) is 0. The van der Waals surface area contributed by atoms with Gasteiger partial charge in [-0.25, -0.2) is 0 Å². The molecule has 6 aromatic carbocycles. The molecule has 0 saturated carbocycles. The molecule has 2 heteroatoms. The summed E-state index contributed by atoms with van der Waals surface area (Å²) in [5.41, 5.74) is 5.26. The van der Waals surface area contributed by atoms with Gasteiger partial charge >= 0.3 is 0 Å². The Morgan fingerprint density at radius 3 is 1.64 bits per heavy atom. The maximum Gasteiger partial charge on any atom is 0.0362 e. The van der Waals surface area contributed by atoms with Crippen LogP contribution in [0.1, 0.15) is 0 Å². The summed E-state index contributed by atoms with van der Waals surface area (Å²) in [7, 11) is 0. The van der Waals surface area contributed by atoms with Gasteiger partial charge < -0.3 is 0 Å². The Bertz CT molecular complexity index is 2030. The number of hydrogen-bond acceptors (Lipinski definition) is 2. The Labute approximate surface area is 216 Å². The van der Waals surface area contributed by atoms with Gasteiger partial charge in [0.1, 0.15) is 0 Å². The Kier molecular flexibility index (Phi) is 4.36. The summed E-state index contributed by atoms with van der Waals surface area (Å²) in [5, 5.41) is 11.8. The van der Waals surface area contributed by atoms with Crippen LogP contribution in [0.4, 0.5) is 0 Å². The topological polar surface area (TPSA) is 0 Å². The zero-order valence-corrected chi connectivity index (χ0v) is 21.0. The van der Waals surface area contributed by atoms with E-state index in [9.17, 15) is 0 Å². The monoisotopic (exact) mass is 492 g/mol. The van der Waals surface area contributed by atoms with Crippen LogP contribution in [0.5, 0.6) is 0 Å². The van der Waals surface area contributed by atoms with Crippen LogP contribution in [-0.2, 0) is 0 Å². The lowest BCUT2D eigenvalue weighted by Crippen LogP contribution is -1.90. The number of thiophene rings is 2. The standard InChI is InChI=1S/C34H20S2/c1-2-10-21(11-3-1)31-22-12-4-6-14-24(22)32(25-15-7-5-13-23(25)31)27-20-35-29-18-19-30-33(34(27)29)26-16-8-9-17-28(26)36-30/h1-20H. The first kappa shape index (κ1) is 20.2. The summed E-state index contributed by atoms with van der Waals surface area (Å²) in [6.07, 6.45) is 0. The van der Waals surface area contributed by atoms with Crippen molar-refractivity contribution < 1.29 is 0 Å². The second kappa shape index (κ2) is 7.76. The number of benzene rings is 6. The minimum Gasteiger partial charge on any atom is -0.143 e. The van der Waals surface area contributed by atoms with E-state index in [0.29, 0.717) is 0 Å². The average Bonchev–Trinajstić information content (AvgIpc) is 3.53. The molecule has 168 valence electrons. The predicted molar refractivity (Wildman–Crippen MR) is 161 cm³/mol. The highest BCUT2D eigenvalue weighted by atomic mass is 32.1. The Hall–Kier alpha value is -3.98. The van der Waals surface area contributed by atoms with Gasteiger partial charge in [-0.15, -0.1) is 22.7 Å². The fourth-order valence-electron chi connectivity index (χ4n) is 5.86. The van der Waals surface area contributed by atoms with E-state index in [2.05, 4.69) is 121 Å². The highest BCUT2D eigenvalue weighted by molar-refractivity contribution is 7.26. The van der Waals surface area contributed by atoms with E-state index in [1.54, 1.807) is 0 Å². The lowest BCUT2D eigenvalue weighted by atomic mass is 9.85. The highest BCUT2D eigenvalue weighted by Gasteiger charge is 2.20. The van der Waals surface area contributed by atoms with Crippen molar-refractivity contribution >= 4 is 74.5 Å². The number of fused-ring (bicyclic) bond motifs is 7. The molecule has 0 bridgehead atoms. The summed E-state index contributed by atoms with van der Waals surface area (Å²) < 4.78 is 4.06. The Morgan fingerprint density at radius 1 is 0.389 bits per heavy atom. The first-order chi connectivity index (χ1) is 17.9. The molecule has 0 aliphatic carbocycles. The third-order valence-electron chi connectivity index (χ3n) is 7.34. The molecule has 0 spiro atoms. The molecule has 0 radical (unpaired) electrons. The fourth-order valence-corrected chi connectivity index (χ4v) is 7.93. The van der Waals surface area contributed by atoms with Crippen LogP contribution in [0.15, 0.2) is 121 Å². The fraction of sp³-hybridized carbons (Fsp3) is 0. The SMILES string of the molecule is c1ccc(-c2c3ccccc3c(-c3csc4ccc5sc6ccccc6c5c34)c3ccccc23)cc1. The van der Waals surface area contributed by atoms with Gasteiger partial charge in [-0.1, -0.05) is 97.1 Å². The average molecular weight is 493 g/mol. The Morgan fingerprint density at radius 2 is 0.944 bits per heavy atom. The van der Waals surface area contributed by atoms with Crippen molar-refractivity contribution in [1.29, 1.82) is 0 Å². The molecule has 0 unspecified atom stereocenters. The van der Waals surface area contributed by atoms with Gasteiger partial charge in [-0.2, -0.15) is 0 Å².